The van der Waals surface area contributed by atoms with Crippen LogP contribution in [0.4, 0.5) is 13.2 Å². The smallest absolute Gasteiger partial charge is 0.457 e. The van der Waals surface area contributed by atoms with Crippen molar-refractivity contribution in [1.82, 2.24) is 0 Å². The highest BCUT2D eigenvalue weighted by atomic mass is 19.4. The molecule has 0 aromatic rings. The lowest BCUT2D eigenvalue weighted by molar-refractivity contribution is -0.200. The second-order valence-corrected chi connectivity index (χ2v) is 4.06. The lowest BCUT2D eigenvalue weighted by Crippen LogP contribution is -2.32. The quantitative estimate of drug-likeness (QED) is 0.536. The highest BCUT2D eigenvalue weighted by molar-refractivity contribution is 5.75. The van der Waals surface area contributed by atoms with Gasteiger partial charge in [0.25, 0.3) is 0 Å². The summed E-state index contributed by atoms with van der Waals surface area (Å²) in [5.41, 5.74) is 5.54. The number of hydrogen-bond donors (Lipinski definition) is 1. The van der Waals surface area contributed by atoms with Crippen molar-refractivity contribution < 1.29 is 22.7 Å². The van der Waals surface area contributed by atoms with Crippen molar-refractivity contribution in [3.63, 3.8) is 0 Å². The third-order valence-corrected chi connectivity index (χ3v) is 2.34. The van der Waals surface area contributed by atoms with Crippen LogP contribution in [0.25, 0.3) is 0 Å². The predicted molar refractivity (Wildman–Crippen MR) is 58.4 cm³/mol. The van der Waals surface area contributed by atoms with Crippen molar-refractivity contribution in [1.29, 1.82) is 0 Å². The maximum Gasteiger partial charge on any atom is 0.490 e. The van der Waals surface area contributed by atoms with Crippen molar-refractivity contribution in [2.45, 2.75) is 57.7 Å². The molecule has 0 aliphatic carbocycles. The van der Waals surface area contributed by atoms with Gasteiger partial charge in [-0.2, -0.15) is 13.2 Å². The molecule has 0 aromatic heterocycles. The van der Waals surface area contributed by atoms with E-state index in [0.29, 0.717) is 6.42 Å². The average Bonchev–Trinajstić information content (AvgIpc) is 2.24. The van der Waals surface area contributed by atoms with Gasteiger partial charge in [0, 0.05) is 6.04 Å². The summed E-state index contributed by atoms with van der Waals surface area (Å²) in [4.78, 5) is 10.4. The minimum absolute atomic E-state index is 0.369. The Morgan fingerprint density at radius 2 is 1.82 bits per heavy atom. The molecule has 0 radical (unpaired) electrons. The summed E-state index contributed by atoms with van der Waals surface area (Å²) in [7, 11) is 0. The number of carbonyl (C=O) groups excluding carboxylic acids is 1. The summed E-state index contributed by atoms with van der Waals surface area (Å²) in [6.45, 7) is 1.73. The van der Waals surface area contributed by atoms with Crippen LogP contribution in [-0.4, -0.2) is 24.8 Å². The number of esters is 1. The normalized spacial score (nSPS) is 13.5. The SMILES string of the molecule is CCCCCCCC(N)COC(=O)C(F)(F)F. The van der Waals surface area contributed by atoms with Gasteiger partial charge in [-0.15, -0.1) is 0 Å². The van der Waals surface area contributed by atoms with Crippen LogP contribution in [0, 0.1) is 0 Å². The lowest BCUT2D eigenvalue weighted by Gasteiger charge is -2.12. The first-order valence-electron chi connectivity index (χ1n) is 5.87. The van der Waals surface area contributed by atoms with E-state index >= 15 is 0 Å². The van der Waals surface area contributed by atoms with E-state index in [-0.39, 0.29) is 6.61 Å². The number of halogens is 3. The number of ether oxygens (including phenoxy) is 1. The highest BCUT2D eigenvalue weighted by Gasteiger charge is 2.41. The predicted octanol–water partition coefficient (Wildman–Crippen LogP) is 2.78. The van der Waals surface area contributed by atoms with Gasteiger partial charge in [-0.25, -0.2) is 4.79 Å². The standard InChI is InChI=1S/C11H20F3NO2/c1-2-3-4-5-6-7-9(15)8-17-10(16)11(12,13)14/h9H,2-8,15H2,1H3. The number of carbonyl (C=O) groups is 1. The van der Waals surface area contributed by atoms with Crippen molar-refractivity contribution in [3.05, 3.63) is 0 Å². The van der Waals surface area contributed by atoms with Gasteiger partial charge in [0.15, 0.2) is 0 Å². The molecule has 0 aliphatic heterocycles. The van der Waals surface area contributed by atoms with E-state index in [1.54, 1.807) is 0 Å². The molecular formula is C11H20F3NO2. The average molecular weight is 255 g/mol. The number of hydrogen-bond acceptors (Lipinski definition) is 3. The maximum absolute atomic E-state index is 11.8. The van der Waals surface area contributed by atoms with Gasteiger partial charge in [-0.1, -0.05) is 39.0 Å². The first kappa shape index (κ1) is 16.2. The topological polar surface area (TPSA) is 52.3 Å². The van der Waals surface area contributed by atoms with Crippen LogP contribution in [0.3, 0.4) is 0 Å². The third-order valence-electron chi connectivity index (χ3n) is 2.34. The van der Waals surface area contributed by atoms with Crippen molar-refractivity contribution in [2.24, 2.45) is 5.73 Å². The van der Waals surface area contributed by atoms with E-state index in [4.69, 9.17) is 5.73 Å². The molecule has 0 saturated carbocycles. The summed E-state index contributed by atoms with van der Waals surface area (Å²) in [5.74, 6) is -2.17. The first-order valence-corrected chi connectivity index (χ1v) is 5.87. The molecule has 2 N–H and O–H groups in total. The largest absolute Gasteiger partial charge is 0.490 e. The molecule has 102 valence electrons. The van der Waals surface area contributed by atoms with E-state index in [1.807, 2.05) is 0 Å². The number of rotatable bonds is 8. The van der Waals surface area contributed by atoms with Crippen LogP contribution < -0.4 is 5.73 Å². The number of nitrogens with two attached hydrogens (primary N) is 1. The summed E-state index contributed by atoms with van der Waals surface area (Å²) in [5, 5.41) is 0. The molecule has 0 fully saturated rings. The van der Waals surface area contributed by atoms with Gasteiger partial charge in [-0.3, -0.25) is 0 Å². The molecule has 1 atom stereocenters. The number of alkyl halides is 3. The second kappa shape index (κ2) is 8.33. The molecule has 0 heterocycles. The van der Waals surface area contributed by atoms with E-state index < -0.39 is 18.2 Å². The van der Waals surface area contributed by atoms with Crippen molar-refractivity contribution >= 4 is 5.97 Å². The Labute approximate surface area is 99.5 Å². The zero-order valence-corrected chi connectivity index (χ0v) is 10.1. The van der Waals surface area contributed by atoms with E-state index in [2.05, 4.69) is 11.7 Å². The minimum atomic E-state index is -4.93. The van der Waals surface area contributed by atoms with E-state index in [1.165, 1.54) is 0 Å². The summed E-state index contributed by atoms with van der Waals surface area (Å²) >= 11 is 0. The van der Waals surface area contributed by atoms with Gasteiger partial charge in [-0.05, 0) is 6.42 Å². The molecule has 0 rings (SSSR count). The molecule has 0 aliphatic rings. The van der Waals surface area contributed by atoms with E-state index in [9.17, 15) is 18.0 Å². The fourth-order valence-electron chi connectivity index (χ4n) is 1.36. The van der Waals surface area contributed by atoms with Gasteiger partial charge in [0.1, 0.15) is 6.61 Å². The van der Waals surface area contributed by atoms with Crippen LogP contribution in [0.2, 0.25) is 0 Å². The molecule has 0 saturated heterocycles. The molecule has 3 nitrogen and oxygen atoms in total. The zero-order valence-electron chi connectivity index (χ0n) is 10.1. The molecule has 17 heavy (non-hydrogen) atoms. The second-order valence-electron chi connectivity index (χ2n) is 4.06. The van der Waals surface area contributed by atoms with Crippen molar-refractivity contribution in [2.75, 3.05) is 6.61 Å². The molecule has 0 spiro atoms. The highest BCUT2D eigenvalue weighted by Crippen LogP contribution is 2.16. The Hall–Kier alpha value is -0.780. The summed E-state index contributed by atoms with van der Waals surface area (Å²) in [6, 6.07) is -0.511. The maximum atomic E-state index is 11.8. The Morgan fingerprint density at radius 1 is 1.24 bits per heavy atom. The van der Waals surface area contributed by atoms with Crippen LogP contribution in [0.1, 0.15) is 45.4 Å². The Morgan fingerprint density at radius 3 is 2.35 bits per heavy atom. The van der Waals surface area contributed by atoms with Gasteiger partial charge < -0.3 is 10.5 Å². The first-order chi connectivity index (χ1) is 7.88. The van der Waals surface area contributed by atoms with Gasteiger partial charge in [0.2, 0.25) is 0 Å². The van der Waals surface area contributed by atoms with Gasteiger partial charge in [0.05, 0.1) is 0 Å². The molecule has 0 aromatic carbocycles. The molecule has 1 unspecified atom stereocenters. The van der Waals surface area contributed by atoms with Crippen LogP contribution in [0.15, 0.2) is 0 Å². The van der Waals surface area contributed by atoms with Crippen LogP contribution in [0.5, 0.6) is 0 Å². The third kappa shape index (κ3) is 8.97. The molecule has 6 heteroatoms. The Bertz CT molecular complexity index is 219. The monoisotopic (exact) mass is 255 g/mol. The number of unbranched alkanes of at least 4 members (excludes halogenated alkanes) is 4. The Kier molecular flexibility index (Phi) is 7.95. The van der Waals surface area contributed by atoms with Crippen LogP contribution >= 0.6 is 0 Å². The van der Waals surface area contributed by atoms with E-state index in [0.717, 1.165) is 32.1 Å². The molecule has 0 amide bonds. The fraction of sp³-hybridized carbons (Fsp3) is 0.909. The lowest BCUT2D eigenvalue weighted by atomic mass is 10.1. The van der Waals surface area contributed by atoms with Crippen molar-refractivity contribution in [3.8, 4) is 0 Å². The molecular weight excluding hydrogens is 235 g/mol. The van der Waals surface area contributed by atoms with Crippen LogP contribution in [-0.2, 0) is 9.53 Å². The summed E-state index contributed by atoms with van der Waals surface area (Å²) < 4.78 is 39.4. The Balaban J connectivity index is 3.53. The zero-order chi connectivity index (χ0) is 13.3. The van der Waals surface area contributed by atoms with Gasteiger partial charge >= 0.3 is 12.1 Å². The summed E-state index contributed by atoms with van der Waals surface area (Å²) in [6.07, 6.45) is 0.897. The minimum Gasteiger partial charge on any atom is -0.457 e. The molecule has 0 bridgehead atoms. The fourth-order valence-corrected chi connectivity index (χ4v) is 1.36.